The molecule has 19 heteroatoms. The highest BCUT2D eigenvalue weighted by Crippen LogP contribution is 2.32. The normalized spacial score (nSPS) is 18.8. The summed E-state index contributed by atoms with van der Waals surface area (Å²) in [6, 6.07) is -1.31. The molecule has 0 bridgehead atoms. The van der Waals surface area contributed by atoms with Gasteiger partial charge >= 0.3 is 24.4 Å². The largest absolute Gasteiger partial charge is 1.00 e. The first kappa shape index (κ1) is 84.5. The maximum atomic E-state index is 12.6. The Bertz CT molecular complexity index is 1850. The van der Waals surface area contributed by atoms with Gasteiger partial charge in [0.2, 0.25) is 0 Å². The number of hydrogen-bond acceptors (Lipinski definition) is 13. The fraction of sp³-hybridized carbons (Fsp3) is 0.892. The molecule has 496 valence electrons. The molecule has 0 aliphatic heterocycles. The van der Waals surface area contributed by atoms with Crippen LogP contribution in [0.2, 0.25) is 0 Å². The molecule has 3 aliphatic rings. The Hall–Kier alpha value is -3.74. The summed E-state index contributed by atoms with van der Waals surface area (Å²) in [6.45, 7) is 42.1. The van der Waals surface area contributed by atoms with E-state index in [0.29, 0.717) is 23.5 Å². The van der Waals surface area contributed by atoms with Gasteiger partial charge in [0.05, 0.1) is 36.9 Å². The second-order valence-electron chi connectivity index (χ2n) is 27.9. The number of hydrogen-bond donors (Lipinski definition) is 7. The number of ketones is 2. The van der Waals surface area contributed by atoms with Gasteiger partial charge in [-0.2, -0.15) is 0 Å². The Morgan fingerprint density at radius 3 is 1.17 bits per heavy atom. The number of alkyl carbamates (subject to hydrolysis) is 4. The summed E-state index contributed by atoms with van der Waals surface area (Å²) in [4.78, 5) is 81.8. The number of aliphatic hydroxyl groups excluding tert-OH is 2. The Morgan fingerprint density at radius 2 is 0.821 bits per heavy atom. The fourth-order valence-corrected chi connectivity index (χ4v) is 9.68. The lowest BCUT2D eigenvalue weighted by Crippen LogP contribution is -3.00. The van der Waals surface area contributed by atoms with Gasteiger partial charge in [-0.25, -0.2) is 19.2 Å². The number of rotatable bonds is 22. The Kier molecular flexibility index (Phi) is 42.4. The molecule has 84 heavy (non-hydrogen) atoms. The Morgan fingerprint density at radius 1 is 0.488 bits per heavy atom. The van der Waals surface area contributed by atoms with Gasteiger partial charge in [0.15, 0.2) is 11.6 Å². The van der Waals surface area contributed by atoms with Crippen molar-refractivity contribution < 1.29 is 80.9 Å². The third-order valence-electron chi connectivity index (χ3n) is 15.9. The van der Waals surface area contributed by atoms with Crippen molar-refractivity contribution in [2.45, 2.75) is 320 Å². The highest BCUT2D eigenvalue weighted by Gasteiger charge is 2.37. The monoisotopic (exact) mass is 1220 g/mol. The quantitative estimate of drug-likeness (QED) is 0.0393. The molecule has 0 aromatic rings. The van der Waals surface area contributed by atoms with Crippen molar-refractivity contribution >= 4 is 42.2 Å². The number of Topliss-reactive ketones (excluding diaryl/α,β-unsaturated/α-hetero) is 2. The van der Waals surface area contributed by atoms with Crippen molar-refractivity contribution in [3.63, 3.8) is 0 Å². The summed E-state index contributed by atoms with van der Waals surface area (Å²) in [7, 11) is 0. The lowest BCUT2D eigenvalue weighted by molar-refractivity contribution is -0.415. The number of quaternary nitrogens is 1. The number of amides is 4. The van der Waals surface area contributed by atoms with Crippen LogP contribution < -0.4 is 39.4 Å². The first-order valence-electron chi connectivity index (χ1n) is 31.9. The van der Waals surface area contributed by atoms with Gasteiger partial charge in [-0.3, -0.25) is 9.59 Å². The molecule has 11 unspecified atom stereocenters. The molecule has 0 heterocycles. The lowest BCUT2D eigenvalue weighted by Gasteiger charge is -2.33. The molecule has 0 radical (unpaired) electrons. The van der Waals surface area contributed by atoms with Crippen LogP contribution in [0.1, 0.15) is 261 Å². The fourth-order valence-electron chi connectivity index (χ4n) is 9.68. The minimum absolute atomic E-state index is 0. The highest BCUT2D eigenvalue weighted by atomic mass is 35.5. The van der Waals surface area contributed by atoms with Gasteiger partial charge in [-0.15, -0.1) is 0 Å². The number of halogens is 1. The van der Waals surface area contributed by atoms with Gasteiger partial charge in [-0.1, -0.05) is 133 Å². The molecule has 3 rings (SSSR count). The first-order chi connectivity index (χ1) is 38.2. The zero-order valence-electron chi connectivity index (χ0n) is 56.9. The molecule has 18 nitrogen and oxygen atoms in total. The van der Waals surface area contributed by atoms with E-state index in [2.05, 4.69) is 54.7 Å². The number of nitrogens with one attached hydrogen (secondary N) is 4. The van der Waals surface area contributed by atoms with Gasteiger partial charge in [0.25, 0.3) is 0 Å². The molecular weight excluding hydrogens is 1090 g/mol. The van der Waals surface area contributed by atoms with Crippen LogP contribution in [-0.4, -0.2) is 118 Å². The van der Waals surface area contributed by atoms with Crippen LogP contribution in [0.3, 0.4) is 0 Å². The van der Waals surface area contributed by atoms with E-state index in [1.54, 1.807) is 20.8 Å². The van der Waals surface area contributed by atoms with Crippen molar-refractivity contribution in [2.24, 2.45) is 47.3 Å². The van der Waals surface area contributed by atoms with Crippen molar-refractivity contribution in [2.75, 3.05) is 6.61 Å². The number of carbonyl (C=O) groups excluding carboxylic acids is 7. The molecule has 0 aromatic heterocycles. The van der Waals surface area contributed by atoms with E-state index >= 15 is 0 Å². The smallest absolute Gasteiger partial charge is 0.408 e. The van der Waals surface area contributed by atoms with Gasteiger partial charge < -0.3 is 73.4 Å². The van der Waals surface area contributed by atoms with Crippen molar-refractivity contribution in [1.29, 1.82) is 0 Å². The van der Waals surface area contributed by atoms with Gasteiger partial charge in [0.1, 0.15) is 34.7 Å². The van der Waals surface area contributed by atoms with Crippen LogP contribution in [0.25, 0.3) is 0 Å². The Balaban J connectivity index is -0.000000983. The lowest BCUT2D eigenvalue weighted by atomic mass is 9.86. The summed E-state index contributed by atoms with van der Waals surface area (Å²) in [5, 5.41) is 30.6. The molecule has 3 saturated carbocycles. The maximum Gasteiger partial charge on any atom is 0.408 e. The second kappa shape index (κ2) is 42.2. The second-order valence-corrected chi connectivity index (χ2v) is 27.9. The average Bonchev–Trinajstić information content (AvgIpc) is 4.27. The summed E-state index contributed by atoms with van der Waals surface area (Å²) in [5.74, 6) is 2.55. The number of aldehydes is 1. The first-order valence-corrected chi connectivity index (χ1v) is 31.9. The van der Waals surface area contributed by atoms with E-state index in [9.17, 15) is 38.7 Å². The Labute approximate surface area is 516 Å². The molecule has 0 spiro atoms. The third-order valence-corrected chi connectivity index (χ3v) is 15.9. The van der Waals surface area contributed by atoms with E-state index in [4.69, 9.17) is 24.1 Å². The zero-order chi connectivity index (χ0) is 64.6. The SMILES string of the molecule is CCC(C)C(C=O)NC(=O)OC(C)(C)C.CCC(C)C(CO)NC(=O)OC(C)(C)C.CCC(C)C(NC(=O)OC(C)(C)C)C(=O)C1CCCC1.CCC(C)C(NC(=O)OC(C)(C)C)C(O)C1CCCC1.CCC(C)C([NH3+])C(=O)C1CCCC1.[Cl-]. The zero-order valence-corrected chi connectivity index (χ0v) is 57.6. The molecule has 4 amide bonds. The van der Waals surface area contributed by atoms with E-state index in [1.165, 1.54) is 25.7 Å². The summed E-state index contributed by atoms with van der Waals surface area (Å²) in [6.07, 6.45) is 16.3. The third kappa shape index (κ3) is 37.7. The van der Waals surface area contributed by atoms with E-state index in [-0.39, 0.29) is 72.5 Å². The summed E-state index contributed by atoms with van der Waals surface area (Å²) in [5.41, 5.74) is 1.92. The van der Waals surface area contributed by atoms with E-state index in [0.717, 1.165) is 89.8 Å². The standard InChI is InChI=1S/C16H31NO3.C16H29NO3.C11H23NO3.C11H21NO3.C11H21NO.ClH/c2*1-6-11(2)13(14(18)12-9-7-8-10-12)17-15(19)20-16(3,4)5;2*1-6-8(2)9(7-13)12-10(14)15-11(3,4)5;1-3-8(2)10(12)11(13)9-6-4-5-7-9;/h11-14,18H,6-10H2,1-5H3,(H,17,19);11-13H,6-10H2,1-5H3,(H,17,19);8-9,13H,6-7H2,1-5H3,(H,12,14);7-9H,6H2,1-5H3,(H,12,14);8-10H,3-7,12H2,1-2H3;1H. The molecule has 9 N–H and O–H groups in total. The molecule has 3 fully saturated rings. The molecule has 0 aromatic carbocycles. The molecule has 3 aliphatic carbocycles. The highest BCUT2D eigenvalue weighted by molar-refractivity contribution is 5.89. The predicted octanol–water partition coefficient (Wildman–Crippen LogP) is 9.61. The summed E-state index contributed by atoms with van der Waals surface area (Å²) >= 11 is 0. The van der Waals surface area contributed by atoms with Crippen LogP contribution in [-0.2, 0) is 33.3 Å². The van der Waals surface area contributed by atoms with Crippen molar-refractivity contribution in [3.8, 4) is 0 Å². The van der Waals surface area contributed by atoms with Crippen LogP contribution in [0.4, 0.5) is 19.2 Å². The number of ether oxygens (including phenoxy) is 4. The minimum Gasteiger partial charge on any atom is -1.00 e. The summed E-state index contributed by atoms with van der Waals surface area (Å²) < 4.78 is 20.7. The van der Waals surface area contributed by atoms with Crippen molar-refractivity contribution in [1.82, 2.24) is 21.3 Å². The van der Waals surface area contributed by atoms with Gasteiger partial charge in [-0.05, 0) is 158 Å². The van der Waals surface area contributed by atoms with Crippen LogP contribution >= 0.6 is 0 Å². The van der Waals surface area contributed by atoms with Crippen molar-refractivity contribution in [3.05, 3.63) is 0 Å². The van der Waals surface area contributed by atoms with E-state index < -0.39 is 65.0 Å². The molecular formula is C65H126ClN5O13. The van der Waals surface area contributed by atoms with Crippen LogP contribution in [0.5, 0.6) is 0 Å². The average molecular weight is 1220 g/mol. The van der Waals surface area contributed by atoms with Crippen LogP contribution in [0, 0.1) is 47.3 Å². The molecule has 0 saturated heterocycles. The predicted molar refractivity (Wildman–Crippen MR) is 332 cm³/mol. The number of aliphatic hydroxyl groups is 2. The van der Waals surface area contributed by atoms with Crippen LogP contribution in [0.15, 0.2) is 0 Å². The van der Waals surface area contributed by atoms with E-state index in [1.807, 2.05) is 104 Å². The van der Waals surface area contributed by atoms with Gasteiger partial charge in [0, 0.05) is 17.8 Å². The molecule has 11 atom stereocenters. The minimum atomic E-state index is -0.542. The maximum absolute atomic E-state index is 12.6. The topological polar surface area (TPSA) is 273 Å². The number of carbonyl (C=O) groups is 7.